The van der Waals surface area contributed by atoms with Crippen LogP contribution in [-0.4, -0.2) is 30.0 Å². The lowest BCUT2D eigenvalue weighted by Gasteiger charge is -2.23. The minimum absolute atomic E-state index is 0.0675. The van der Waals surface area contributed by atoms with E-state index in [-0.39, 0.29) is 24.9 Å². The van der Waals surface area contributed by atoms with Gasteiger partial charge in [0.25, 0.3) is 0 Å². The molecule has 1 aliphatic rings. The van der Waals surface area contributed by atoms with Gasteiger partial charge in [-0.25, -0.2) is 9.18 Å². The molecule has 22 heavy (non-hydrogen) atoms. The Morgan fingerprint density at radius 3 is 2.77 bits per heavy atom. The Labute approximate surface area is 134 Å². The van der Waals surface area contributed by atoms with Gasteiger partial charge in [0.1, 0.15) is 11.4 Å². The van der Waals surface area contributed by atoms with Crippen LogP contribution in [-0.2, 0) is 10.2 Å². The number of alkyl carbamates (subject to hydrolysis) is 1. The summed E-state index contributed by atoms with van der Waals surface area (Å²) in [6, 6.07) is 4.34. The van der Waals surface area contributed by atoms with E-state index in [1.807, 2.05) is 0 Å². The molecule has 2 N–H and O–H groups in total. The maximum Gasteiger partial charge on any atom is 0.407 e. The van der Waals surface area contributed by atoms with Crippen LogP contribution in [0.15, 0.2) is 18.2 Å². The molecule has 0 aromatic heterocycles. The van der Waals surface area contributed by atoms with Gasteiger partial charge < -0.3 is 15.2 Å². The number of carbonyl (C=O) groups excluding carboxylic acids is 1. The fourth-order valence-corrected chi connectivity index (χ4v) is 2.86. The molecule has 1 aromatic rings. The molecule has 1 fully saturated rings. The Morgan fingerprint density at radius 2 is 2.23 bits per heavy atom. The molecule has 1 saturated carbocycles. The Bertz CT molecular complexity index is 573. The highest BCUT2D eigenvalue weighted by molar-refractivity contribution is 6.30. The van der Waals surface area contributed by atoms with E-state index in [0.717, 1.165) is 0 Å². The van der Waals surface area contributed by atoms with Crippen LogP contribution in [0.25, 0.3) is 0 Å². The van der Waals surface area contributed by atoms with Crippen molar-refractivity contribution in [2.75, 3.05) is 13.2 Å². The summed E-state index contributed by atoms with van der Waals surface area (Å²) in [6.45, 7) is 5.44. The summed E-state index contributed by atoms with van der Waals surface area (Å²) in [6.07, 6.45) is 0.0363. The predicted molar refractivity (Wildman–Crippen MR) is 82.5 cm³/mol. The molecule has 1 amide bonds. The number of halogens is 2. The number of amides is 1. The van der Waals surface area contributed by atoms with Gasteiger partial charge in [-0.3, -0.25) is 0 Å². The first-order chi connectivity index (χ1) is 10.2. The third kappa shape index (κ3) is 3.70. The highest BCUT2D eigenvalue weighted by atomic mass is 35.5. The maximum atomic E-state index is 14.1. The van der Waals surface area contributed by atoms with E-state index in [2.05, 4.69) is 5.32 Å². The van der Waals surface area contributed by atoms with Crippen molar-refractivity contribution in [2.24, 2.45) is 5.92 Å². The van der Waals surface area contributed by atoms with E-state index in [9.17, 15) is 14.3 Å². The zero-order valence-corrected chi connectivity index (χ0v) is 13.7. The van der Waals surface area contributed by atoms with Gasteiger partial charge in [-0.1, -0.05) is 11.6 Å². The van der Waals surface area contributed by atoms with Crippen LogP contribution in [0.3, 0.4) is 0 Å². The standard InChI is InChI=1S/C16H21ClFNO3/c1-15(2,3)22-14(21)19-9-16(7-10(16)8-20)12-6-11(17)4-5-13(12)18/h4-6,10,20H,7-9H2,1-3H3,(H,19,21)/t10-,16-/m0/s1. The number of aliphatic hydroxyl groups excluding tert-OH is 1. The zero-order valence-electron chi connectivity index (χ0n) is 13.0. The SMILES string of the molecule is CC(C)(C)OC(=O)NC[C@@]1(c2cc(Cl)ccc2F)C[C@H]1CO. The van der Waals surface area contributed by atoms with Crippen LogP contribution < -0.4 is 5.32 Å². The molecule has 0 saturated heterocycles. The van der Waals surface area contributed by atoms with E-state index in [4.69, 9.17) is 16.3 Å². The van der Waals surface area contributed by atoms with Crippen molar-refractivity contribution in [3.05, 3.63) is 34.6 Å². The molecule has 2 rings (SSSR count). The van der Waals surface area contributed by atoms with Gasteiger partial charge in [-0.15, -0.1) is 0 Å². The molecule has 0 spiro atoms. The number of nitrogens with one attached hydrogen (secondary N) is 1. The second kappa shape index (κ2) is 6.05. The summed E-state index contributed by atoms with van der Waals surface area (Å²) >= 11 is 5.95. The topological polar surface area (TPSA) is 58.6 Å². The summed E-state index contributed by atoms with van der Waals surface area (Å²) in [5, 5.41) is 12.5. The zero-order chi connectivity index (χ0) is 16.5. The van der Waals surface area contributed by atoms with Crippen LogP contribution in [0.5, 0.6) is 0 Å². The molecule has 0 bridgehead atoms. The lowest BCUT2D eigenvalue weighted by molar-refractivity contribution is 0.0520. The number of hydrogen-bond donors (Lipinski definition) is 2. The van der Waals surface area contributed by atoms with E-state index in [0.29, 0.717) is 17.0 Å². The van der Waals surface area contributed by atoms with Crippen LogP contribution in [0.2, 0.25) is 5.02 Å². The van der Waals surface area contributed by atoms with Crippen molar-refractivity contribution >= 4 is 17.7 Å². The number of benzene rings is 1. The smallest absolute Gasteiger partial charge is 0.407 e. The molecule has 1 aliphatic carbocycles. The Morgan fingerprint density at radius 1 is 1.55 bits per heavy atom. The molecule has 0 unspecified atom stereocenters. The Balaban J connectivity index is 2.14. The van der Waals surface area contributed by atoms with Crippen molar-refractivity contribution < 1.29 is 19.0 Å². The molecule has 2 atom stereocenters. The summed E-state index contributed by atoms with van der Waals surface area (Å²) in [5.41, 5.74) is -0.797. The normalized spacial score (nSPS) is 24.0. The van der Waals surface area contributed by atoms with Gasteiger partial charge >= 0.3 is 6.09 Å². The van der Waals surface area contributed by atoms with Gasteiger partial charge in [-0.05, 0) is 56.9 Å². The molecule has 0 heterocycles. The minimum Gasteiger partial charge on any atom is -0.444 e. The van der Waals surface area contributed by atoms with Crippen molar-refractivity contribution in [1.82, 2.24) is 5.32 Å². The van der Waals surface area contributed by atoms with Gasteiger partial charge in [0.15, 0.2) is 0 Å². The van der Waals surface area contributed by atoms with Crippen molar-refractivity contribution in [2.45, 2.75) is 38.2 Å². The maximum absolute atomic E-state index is 14.1. The molecule has 4 nitrogen and oxygen atoms in total. The van der Waals surface area contributed by atoms with Crippen molar-refractivity contribution in [3.63, 3.8) is 0 Å². The fraction of sp³-hybridized carbons (Fsp3) is 0.562. The first kappa shape index (κ1) is 17.0. The van der Waals surface area contributed by atoms with Gasteiger partial charge in [-0.2, -0.15) is 0 Å². The Kier molecular flexibility index (Phi) is 4.68. The number of hydrogen-bond acceptors (Lipinski definition) is 3. The fourth-order valence-electron chi connectivity index (χ4n) is 2.68. The number of rotatable bonds is 4. The quantitative estimate of drug-likeness (QED) is 0.891. The van der Waals surface area contributed by atoms with Crippen LogP contribution >= 0.6 is 11.6 Å². The third-order valence-electron chi connectivity index (χ3n) is 3.86. The van der Waals surface area contributed by atoms with E-state index in [1.165, 1.54) is 12.1 Å². The number of carbonyl (C=O) groups is 1. The Hall–Kier alpha value is -1.33. The molecule has 122 valence electrons. The van der Waals surface area contributed by atoms with Crippen molar-refractivity contribution in [1.29, 1.82) is 0 Å². The first-order valence-electron chi connectivity index (χ1n) is 7.21. The molecule has 1 aromatic carbocycles. The highest BCUT2D eigenvalue weighted by Gasteiger charge is 2.56. The van der Waals surface area contributed by atoms with E-state index in [1.54, 1.807) is 26.8 Å². The number of aliphatic hydroxyl groups is 1. The van der Waals surface area contributed by atoms with Crippen LogP contribution in [0.4, 0.5) is 9.18 Å². The van der Waals surface area contributed by atoms with E-state index < -0.39 is 17.1 Å². The van der Waals surface area contributed by atoms with Crippen LogP contribution in [0, 0.1) is 11.7 Å². The minimum atomic E-state index is -0.624. The third-order valence-corrected chi connectivity index (χ3v) is 4.10. The van der Waals surface area contributed by atoms with Crippen LogP contribution in [0.1, 0.15) is 32.8 Å². The van der Waals surface area contributed by atoms with E-state index >= 15 is 0 Å². The second-order valence-electron chi connectivity index (χ2n) is 6.72. The largest absolute Gasteiger partial charge is 0.444 e. The molecule has 0 radical (unpaired) electrons. The van der Waals surface area contributed by atoms with Gasteiger partial charge in [0, 0.05) is 23.6 Å². The summed E-state index contributed by atoms with van der Waals surface area (Å²) < 4.78 is 19.3. The summed E-state index contributed by atoms with van der Waals surface area (Å²) in [7, 11) is 0. The summed E-state index contributed by atoms with van der Waals surface area (Å²) in [4.78, 5) is 11.8. The number of ether oxygens (including phenoxy) is 1. The monoisotopic (exact) mass is 329 g/mol. The average Bonchev–Trinajstić information content (AvgIpc) is 3.12. The highest BCUT2D eigenvalue weighted by Crippen LogP contribution is 2.54. The lowest BCUT2D eigenvalue weighted by Crippen LogP contribution is -2.38. The second-order valence-corrected chi connectivity index (χ2v) is 7.16. The van der Waals surface area contributed by atoms with Crippen molar-refractivity contribution in [3.8, 4) is 0 Å². The first-order valence-corrected chi connectivity index (χ1v) is 7.59. The molecule has 0 aliphatic heterocycles. The molecule has 6 heteroatoms. The lowest BCUT2D eigenvalue weighted by atomic mass is 9.92. The van der Waals surface area contributed by atoms with Gasteiger partial charge in [0.05, 0.1) is 0 Å². The van der Waals surface area contributed by atoms with Gasteiger partial charge in [0.2, 0.25) is 0 Å². The summed E-state index contributed by atoms with van der Waals surface area (Å²) in [5.74, 6) is -0.484. The molecular formula is C16H21ClFNO3. The molecular weight excluding hydrogens is 309 g/mol. The predicted octanol–water partition coefficient (Wildman–Crippen LogP) is 3.25. The average molecular weight is 330 g/mol.